The van der Waals surface area contributed by atoms with E-state index in [0.29, 0.717) is 5.33 Å². The lowest BCUT2D eigenvalue weighted by atomic mass is 10.3. The molecule has 0 atom stereocenters. The van der Waals surface area contributed by atoms with Gasteiger partial charge in [-0.1, -0.05) is 31.9 Å². The third kappa shape index (κ3) is 1.74. The number of carbonyl (C=O) groups is 1. The first kappa shape index (κ1) is 8.56. The minimum Gasteiger partial charge on any atom is -0.282 e. The van der Waals surface area contributed by atoms with E-state index in [2.05, 4.69) is 31.9 Å². The molecule has 10 heavy (non-hydrogen) atoms. The van der Waals surface area contributed by atoms with Gasteiger partial charge in [-0.25, -0.2) is 0 Å². The van der Waals surface area contributed by atoms with E-state index >= 15 is 0 Å². The fourth-order valence-electron chi connectivity index (χ4n) is 0.580. The highest BCUT2D eigenvalue weighted by Crippen LogP contribution is 2.31. The molecule has 0 bridgehead atoms. The Labute approximate surface area is 80.2 Å². The van der Waals surface area contributed by atoms with Crippen LogP contribution >= 0.6 is 43.6 Å². The smallest absolute Gasteiger partial charge is 0.220 e. The molecule has 1 rings (SSSR count). The van der Waals surface area contributed by atoms with Crippen molar-refractivity contribution in [2.24, 2.45) is 0 Å². The number of hydrogen-bond donors (Lipinski definition) is 0. The van der Waals surface area contributed by atoms with Crippen LogP contribution in [0.4, 0.5) is 0 Å². The van der Waals surface area contributed by atoms with E-state index in [0.717, 1.165) is 10.5 Å². The first-order valence-corrected chi connectivity index (χ1v) is 5.42. The average molecular weight is 284 g/mol. The fourth-order valence-corrected chi connectivity index (χ4v) is 2.32. The minimum absolute atomic E-state index is 0.141. The minimum atomic E-state index is 0.141. The van der Waals surface area contributed by atoms with Gasteiger partial charge in [-0.3, -0.25) is 4.79 Å². The molecule has 0 amide bonds. The normalized spacial score (nSPS) is 22.0. The summed E-state index contributed by atoms with van der Waals surface area (Å²) in [4.78, 5) is 13.7. The van der Waals surface area contributed by atoms with Crippen LogP contribution in [0.25, 0.3) is 0 Å². The van der Waals surface area contributed by atoms with Crippen LogP contribution in [0.15, 0.2) is 21.5 Å². The number of carbonyl (C=O) groups excluding carboxylic acids is 1. The predicted molar refractivity (Wildman–Crippen MR) is 51.5 cm³/mol. The summed E-state index contributed by atoms with van der Waals surface area (Å²) in [5.41, 5.74) is 0.829. The van der Waals surface area contributed by atoms with Gasteiger partial charge in [0.2, 0.25) is 5.12 Å². The highest BCUT2D eigenvalue weighted by molar-refractivity contribution is 9.11. The fraction of sp³-hybridized carbons (Fsp3) is 0.167. The second-order valence-electron chi connectivity index (χ2n) is 1.70. The second-order valence-corrected chi connectivity index (χ2v) is 3.77. The highest BCUT2D eigenvalue weighted by atomic mass is 79.9. The summed E-state index contributed by atoms with van der Waals surface area (Å²) in [6.45, 7) is 0. The van der Waals surface area contributed by atoms with Crippen LogP contribution in [-0.4, -0.2) is 10.4 Å². The summed E-state index contributed by atoms with van der Waals surface area (Å²) in [6.07, 6.45) is 1.87. The molecule has 0 aromatic carbocycles. The molecule has 0 aliphatic carbocycles. The maximum absolute atomic E-state index is 11.0. The molecule has 54 valence electrons. The summed E-state index contributed by atoms with van der Waals surface area (Å²) >= 11 is 7.64. The van der Waals surface area contributed by atoms with E-state index in [1.54, 1.807) is 4.99 Å². The zero-order valence-corrected chi connectivity index (χ0v) is 8.92. The van der Waals surface area contributed by atoms with Crippen molar-refractivity contribution in [2.75, 3.05) is 5.33 Å². The van der Waals surface area contributed by atoms with Crippen molar-refractivity contribution in [3.63, 3.8) is 0 Å². The molecule has 0 fully saturated rings. The Kier molecular flexibility index (Phi) is 3.20. The maximum atomic E-state index is 11.0. The number of thioether (sulfide) groups is 1. The number of allylic oxidation sites excluding steroid dienone is 1. The maximum Gasteiger partial charge on any atom is 0.220 e. The van der Waals surface area contributed by atoms with Crippen LogP contribution in [0.2, 0.25) is 0 Å². The van der Waals surface area contributed by atoms with Crippen molar-refractivity contribution in [1.29, 1.82) is 0 Å². The van der Waals surface area contributed by atoms with Gasteiger partial charge in [-0.05, 0) is 22.8 Å². The van der Waals surface area contributed by atoms with E-state index < -0.39 is 0 Å². The second kappa shape index (κ2) is 3.74. The van der Waals surface area contributed by atoms with Gasteiger partial charge < -0.3 is 0 Å². The molecule has 0 aromatic heterocycles. The topological polar surface area (TPSA) is 17.1 Å². The van der Waals surface area contributed by atoms with Gasteiger partial charge in [0.25, 0.3) is 0 Å². The molecule has 0 saturated heterocycles. The monoisotopic (exact) mass is 282 g/mol. The molecule has 0 N–H and O–H groups in total. The summed E-state index contributed by atoms with van der Waals surface area (Å²) in [6, 6.07) is 0. The summed E-state index contributed by atoms with van der Waals surface area (Å²) in [7, 11) is 0. The van der Waals surface area contributed by atoms with Gasteiger partial charge in [0.15, 0.2) is 0 Å². The molecule has 1 aliphatic heterocycles. The SMILES string of the molecule is O=C1SC(=CBr)C=C1CBr. The molecule has 1 aliphatic rings. The lowest BCUT2D eigenvalue weighted by Gasteiger charge is -1.86. The Morgan fingerprint density at radius 2 is 2.40 bits per heavy atom. The molecular weight excluding hydrogens is 280 g/mol. The van der Waals surface area contributed by atoms with Crippen molar-refractivity contribution in [2.45, 2.75) is 0 Å². The number of rotatable bonds is 1. The van der Waals surface area contributed by atoms with Gasteiger partial charge in [0, 0.05) is 15.8 Å². The van der Waals surface area contributed by atoms with E-state index in [4.69, 9.17) is 0 Å². The molecule has 0 saturated carbocycles. The molecule has 4 heteroatoms. The van der Waals surface area contributed by atoms with Crippen molar-refractivity contribution in [3.8, 4) is 0 Å². The summed E-state index contributed by atoms with van der Waals surface area (Å²) in [5.74, 6) is 0. The quantitative estimate of drug-likeness (QED) is 0.689. The van der Waals surface area contributed by atoms with Crippen LogP contribution in [-0.2, 0) is 4.79 Å². The molecule has 1 heterocycles. The zero-order valence-electron chi connectivity index (χ0n) is 4.93. The van der Waals surface area contributed by atoms with Gasteiger partial charge in [0.1, 0.15) is 0 Å². The first-order valence-electron chi connectivity index (χ1n) is 2.57. The van der Waals surface area contributed by atoms with Gasteiger partial charge in [0.05, 0.1) is 0 Å². The highest BCUT2D eigenvalue weighted by Gasteiger charge is 2.17. The Balaban J connectivity index is 2.82. The molecule has 0 spiro atoms. The Hall–Kier alpha value is 0.460. The van der Waals surface area contributed by atoms with Crippen molar-refractivity contribution in [1.82, 2.24) is 0 Å². The van der Waals surface area contributed by atoms with E-state index in [1.807, 2.05) is 6.08 Å². The van der Waals surface area contributed by atoms with E-state index in [1.165, 1.54) is 11.8 Å². The summed E-state index contributed by atoms with van der Waals surface area (Å²) < 4.78 is 0. The Morgan fingerprint density at radius 1 is 1.70 bits per heavy atom. The number of alkyl halides is 1. The van der Waals surface area contributed by atoms with Crippen LogP contribution in [0.1, 0.15) is 0 Å². The lowest BCUT2D eigenvalue weighted by Crippen LogP contribution is -1.90. The molecule has 0 unspecified atom stereocenters. The van der Waals surface area contributed by atoms with Crippen molar-refractivity contribution < 1.29 is 4.79 Å². The third-order valence-corrected chi connectivity index (χ3v) is 3.36. The van der Waals surface area contributed by atoms with Crippen molar-refractivity contribution >= 4 is 48.7 Å². The predicted octanol–water partition coefficient (Wildman–Crippen LogP) is 2.82. The zero-order chi connectivity index (χ0) is 7.56. The Morgan fingerprint density at radius 3 is 2.70 bits per heavy atom. The van der Waals surface area contributed by atoms with Crippen LogP contribution in [0.5, 0.6) is 0 Å². The molecule has 0 aromatic rings. The number of halogens is 2. The Bertz CT molecular complexity index is 220. The number of hydrogen-bond acceptors (Lipinski definition) is 2. The largest absolute Gasteiger partial charge is 0.282 e. The van der Waals surface area contributed by atoms with Crippen LogP contribution < -0.4 is 0 Å². The van der Waals surface area contributed by atoms with E-state index in [9.17, 15) is 4.79 Å². The molecular formula is C6H4Br2OS. The molecule has 0 radical (unpaired) electrons. The average Bonchev–Trinajstić information content (AvgIpc) is 2.30. The first-order chi connectivity index (χ1) is 4.77. The summed E-state index contributed by atoms with van der Waals surface area (Å²) in [5, 5.41) is 0.783. The lowest BCUT2D eigenvalue weighted by molar-refractivity contribution is -0.107. The van der Waals surface area contributed by atoms with E-state index in [-0.39, 0.29) is 5.12 Å². The standard InChI is InChI=1S/C6H4Br2OS/c7-2-4-1-5(3-8)10-6(4)9/h1,3H,2H2. The van der Waals surface area contributed by atoms with Gasteiger partial charge in [-0.2, -0.15) is 0 Å². The third-order valence-electron chi connectivity index (χ3n) is 1.04. The molecule has 1 nitrogen and oxygen atoms in total. The van der Waals surface area contributed by atoms with Gasteiger partial charge in [-0.15, -0.1) is 0 Å². The van der Waals surface area contributed by atoms with Crippen LogP contribution in [0.3, 0.4) is 0 Å². The van der Waals surface area contributed by atoms with Crippen LogP contribution in [0, 0.1) is 0 Å². The van der Waals surface area contributed by atoms with Crippen molar-refractivity contribution in [3.05, 3.63) is 21.5 Å². The van der Waals surface area contributed by atoms with Gasteiger partial charge >= 0.3 is 0 Å².